The molecule has 0 aliphatic rings. The third-order valence-corrected chi connectivity index (χ3v) is 4.02. The number of aryl methyl sites for hydroxylation is 1. The van der Waals surface area contributed by atoms with Crippen LogP contribution in [0.4, 0.5) is 4.79 Å². The van der Waals surface area contributed by atoms with Gasteiger partial charge in [-0.3, -0.25) is 0 Å². The summed E-state index contributed by atoms with van der Waals surface area (Å²) in [5, 5.41) is 6.31. The molecule has 1 N–H and O–H groups in total. The van der Waals surface area contributed by atoms with Gasteiger partial charge in [0.05, 0.1) is 19.0 Å². The largest absolute Gasteiger partial charge is 0.452 e. The topological polar surface area (TPSA) is 55.6 Å². The molecule has 0 aliphatic heterocycles. The number of amides is 1. The minimum absolute atomic E-state index is 0.589. The van der Waals surface area contributed by atoms with Crippen molar-refractivity contribution in [3.05, 3.63) is 65.5 Å². The standard InChI is InChI=1S/C19H19N3O2/c1-13-11-16(12-20-21-19(23)24-3)14(2)22(13)18-10-6-8-15-7-4-5-9-17(15)18/h4-12H,1-3H3,(H,21,23). The Labute approximate surface area is 140 Å². The Morgan fingerprint density at radius 3 is 2.71 bits per heavy atom. The second-order valence-corrected chi connectivity index (χ2v) is 5.52. The van der Waals surface area contributed by atoms with Gasteiger partial charge in [0.15, 0.2) is 0 Å². The molecule has 0 atom stereocenters. The van der Waals surface area contributed by atoms with Crippen LogP contribution < -0.4 is 5.43 Å². The van der Waals surface area contributed by atoms with E-state index >= 15 is 0 Å². The number of hydrazone groups is 1. The molecule has 122 valence electrons. The van der Waals surface area contributed by atoms with Crippen LogP contribution in [0.25, 0.3) is 16.5 Å². The fourth-order valence-electron chi connectivity index (χ4n) is 2.89. The second-order valence-electron chi connectivity index (χ2n) is 5.52. The lowest BCUT2D eigenvalue weighted by atomic mass is 10.1. The maximum atomic E-state index is 11.1. The van der Waals surface area contributed by atoms with E-state index in [4.69, 9.17) is 0 Å². The molecule has 0 aliphatic carbocycles. The van der Waals surface area contributed by atoms with E-state index < -0.39 is 6.09 Å². The number of nitrogens with zero attached hydrogens (tertiary/aromatic N) is 2. The summed E-state index contributed by atoms with van der Waals surface area (Å²) in [4.78, 5) is 11.1. The molecule has 1 aromatic heterocycles. The summed E-state index contributed by atoms with van der Waals surface area (Å²) >= 11 is 0. The van der Waals surface area contributed by atoms with E-state index in [1.54, 1.807) is 6.21 Å². The molecule has 0 fully saturated rings. The molecular weight excluding hydrogens is 302 g/mol. The fourth-order valence-corrected chi connectivity index (χ4v) is 2.89. The summed E-state index contributed by atoms with van der Waals surface area (Å²) in [6.07, 6.45) is 1.04. The number of benzene rings is 2. The van der Waals surface area contributed by atoms with Crippen molar-refractivity contribution < 1.29 is 9.53 Å². The average molecular weight is 321 g/mol. The molecule has 0 saturated carbocycles. The zero-order chi connectivity index (χ0) is 17.1. The van der Waals surface area contributed by atoms with Crippen LogP contribution in [0.15, 0.2) is 53.6 Å². The third kappa shape index (κ3) is 2.88. The van der Waals surface area contributed by atoms with E-state index in [0.29, 0.717) is 0 Å². The quantitative estimate of drug-likeness (QED) is 0.587. The summed E-state index contributed by atoms with van der Waals surface area (Å²) in [7, 11) is 1.30. The van der Waals surface area contributed by atoms with E-state index in [1.165, 1.54) is 17.9 Å². The number of carbonyl (C=O) groups is 1. The highest BCUT2D eigenvalue weighted by atomic mass is 16.5. The van der Waals surface area contributed by atoms with E-state index in [9.17, 15) is 4.79 Å². The molecule has 3 aromatic rings. The first kappa shape index (κ1) is 15.8. The SMILES string of the molecule is COC(=O)NN=Cc1cc(C)n(-c2cccc3ccccc23)c1C. The molecule has 24 heavy (non-hydrogen) atoms. The van der Waals surface area contributed by atoms with Crippen molar-refractivity contribution >= 4 is 23.1 Å². The molecule has 1 heterocycles. The van der Waals surface area contributed by atoms with Crippen molar-refractivity contribution in [1.29, 1.82) is 0 Å². The molecule has 0 bridgehead atoms. The predicted molar refractivity (Wildman–Crippen MR) is 95.9 cm³/mol. The lowest BCUT2D eigenvalue weighted by Gasteiger charge is -2.12. The Kier molecular flexibility index (Phi) is 4.33. The number of fused-ring (bicyclic) bond motifs is 1. The highest BCUT2D eigenvalue weighted by molar-refractivity contribution is 5.91. The lowest BCUT2D eigenvalue weighted by Crippen LogP contribution is -2.16. The van der Waals surface area contributed by atoms with E-state index in [1.807, 2.05) is 25.1 Å². The molecular formula is C19H19N3O2. The van der Waals surface area contributed by atoms with Crippen molar-refractivity contribution in [2.24, 2.45) is 5.10 Å². The van der Waals surface area contributed by atoms with Gasteiger partial charge in [-0.25, -0.2) is 10.2 Å². The number of rotatable bonds is 3. The second kappa shape index (κ2) is 6.58. The smallest absolute Gasteiger partial charge is 0.427 e. The van der Waals surface area contributed by atoms with Gasteiger partial charge in [0.2, 0.25) is 0 Å². The van der Waals surface area contributed by atoms with Crippen LogP contribution in [0.2, 0.25) is 0 Å². The van der Waals surface area contributed by atoms with Gasteiger partial charge in [0.1, 0.15) is 0 Å². The molecule has 5 nitrogen and oxygen atoms in total. The van der Waals surface area contributed by atoms with Crippen LogP contribution in [-0.2, 0) is 4.74 Å². The maximum absolute atomic E-state index is 11.1. The van der Waals surface area contributed by atoms with Gasteiger partial charge in [-0.05, 0) is 31.4 Å². The zero-order valence-electron chi connectivity index (χ0n) is 13.9. The molecule has 0 radical (unpaired) electrons. The molecule has 2 aromatic carbocycles. The number of carbonyl (C=O) groups excluding carboxylic acids is 1. The van der Waals surface area contributed by atoms with E-state index in [2.05, 4.69) is 57.1 Å². The Balaban J connectivity index is 2.04. The van der Waals surface area contributed by atoms with Gasteiger partial charge in [-0.2, -0.15) is 5.10 Å². The van der Waals surface area contributed by atoms with Crippen molar-refractivity contribution in [2.45, 2.75) is 13.8 Å². The summed E-state index contributed by atoms with van der Waals surface area (Å²) in [5.74, 6) is 0. The molecule has 3 rings (SSSR count). The number of ether oxygens (including phenoxy) is 1. The molecule has 5 heteroatoms. The Bertz CT molecular complexity index is 920. The summed E-state index contributed by atoms with van der Waals surface area (Å²) in [6.45, 7) is 4.09. The highest BCUT2D eigenvalue weighted by Crippen LogP contribution is 2.26. The van der Waals surface area contributed by atoms with Gasteiger partial charge in [0.25, 0.3) is 0 Å². The van der Waals surface area contributed by atoms with Crippen LogP contribution in [0.5, 0.6) is 0 Å². The van der Waals surface area contributed by atoms with Crippen molar-refractivity contribution in [1.82, 2.24) is 9.99 Å². The Morgan fingerprint density at radius 1 is 1.17 bits per heavy atom. The molecule has 0 spiro atoms. The van der Waals surface area contributed by atoms with E-state index in [0.717, 1.165) is 22.6 Å². The predicted octanol–water partition coefficient (Wildman–Crippen LogP) is 3.94. The van der Waals surface area contributed by atoms with Crippen LogP contribution in [0.1, 0.15) is 17.0 Å². The van der Waals surface area contributed by atoms with Crippen molar-refractivity contribution in [3.63, 3.8) is 0 Å². The molecule has 1 amide bonds. The Hall–Kier alpha value is -3.08. The van der Waals surface area contributed by atoms with Crippen LogP contribution in [0, 0.1) is 13.8 Å². The summed E-state index contributed by atoms with van der Waals surface area (Å²) in [6, 6.07) is 16.6. The number of methoxy groups -OCH3 is 1. The van der Waals surface area contributed by atoms with Crippen molar-refractivity contribution in [3.8, 4) is 5.69 Å². The Morgan fingerprint density at radius 2 is 1.92 bits per heavy atom. The van der Waals surface area contributed by atoms with Crippen LogP contribution >= 0.6 is 0 Å². The minimum Gasteiger partial charge on any atom is -0.452 e. The number of hydrogen-bond donors (Lipinski definition) is 1. The third-order valence-electron chi connectivity index (χ3n) is 4.02. The average Bonchev–Trinajstić information content (AvgIpc) is 2.88. The summed E-state index contributed by atoms with van der Waals surface area (Å²) in [5.41, 5.74) is 6.53. The highest BCUT2D eigenvalue weighted by Gasteiger charge is 2.11. The van der Waals surface area contributed by atoms with Gasteiger partial charge >= 0.3 is 6.09 Å². The van der Waals surface area contributed by atoms with Gasteiger partial charge in [-0.1, -0.05) is 36.4 Å². The van der Waals surface area contributed by atoms with Gasteiger partial charge in [-0.15, -0.1) is 0 Å². The summed E-state index contributed by atoms with van der Waals surface area (Å²) < 4.78 is 6.69. The molecule has 0 unspecified atom stereocenters. The van der Waals surface area contributed by atoms with Crippen molar-refractivity contribution in [2.75, 3.05) is 7.11 Å². The lowest BCUT2D eigenvalue weighted by molar-refractivity contribution is 0.171. The maximum Gasteiger partial charge on any atom is 0.427 e. The van der Waals surface area contributed by atoms with Gasteiger partial charge in [0, 0.05) is 22.3 Å². The number of hydrogen-bond acceptors (Lipinski definition) is 3. The van der Waals surface area contributed by atoms with Gasteiger partial charge < -0.3 is 9.30 Å². The zero-order valence-corrected chi connectivity index (χ0v) is 13.9. The first-order valence-electron chi connectivity index (χ1n) is 7.66. The van der Waals surface area contributed by atoms with Crippen LogP contribution in [0.3, 0.4) is 0 Å². The molecule has 0 saturated heterocycles. The first-order chi connectivity index (χ1) is 11.6. The van der Waals surface area contributed by atoms with E-state index in [-0.39, 0.29) is 0 Å². The fraction of sp³-hybridized carbons (Fsp3) is 0.158. The monoisotopic (exact) mass is 321 g/mol. The normalized spacial score (nSPS) is 11.1. The number of aromatic nitrogens is 1. The first-order valence-corrected chi connectivity index (χ1v) is 7.66. The minimum atomic E-state index is -0.589. The number of nitrogens with one attached hydrogen (secondary N) is 1. The van der Waals surface area contributed by atoms with Crippen LogP contribution in [-0.4, -0.2) is 24.0 Å².